The fourth-order valence-electron chi connectivity index (χ4n) is 4.08. The summed E-state index contributed by atoms with van der Waals surface area (Å²) in [5.74, 6) is 1.29. The molecule has 2 aromatic heterocycles. The lowest BCUT2D eigenvalue weighted by atomic mass is 10.0. The summed E-state index contributed by atoms with van der Waals surface area (Å²) >= 11 is 15.1. The number of methoxy groups -OCH3 is 1. The fourth-order valence-corrected chi connectivity index (χ4v) is 5.95. The van der Waals surface area contributed by atoms with Gasteiger partial charge in [0.15, 0.2) is 5.16 Å². The van der Waals surface area contributed by atoms with Gasteiger partial charge in [-0.1, -0.05) is 65.3 Å². The van der Waals surface area contributed by atoms with E-state index in [4.69, 9.17) is 39.5 Å². The average molecular weight is 606 g/mol. The molecule has 0 saturated carbocycles. The first-order valence-corrected chi connectivity index (χ1v) is 14.7. The number of ether oxygens (including phenoxy) is 1. The van der Waals surface area contributed by atoms with Gasteiger partial charge in [-0.2, -0.15) is 0 Å². The molecule has 0 radical (unpaired) electrons. The van der Waals surface area contributed by atoms with E-state index in [2.05, 4.69) is 15.1 Å². The molecule has 0 saturated heterocycles. The van der Waals surface area contributed by atoms with Crippen LogP contribution < -0.4 is 15.6 Å². The molecule has 3 aromatic carbocycles. The van der Waals surface area contributed by atoms with Crippen LogP contribution in [0.4, 0.5) is 11.4 Å². The Morgan fingerprint density at radius 2 is 1.93 bits per heavy atom. The molecular weight excluding hydrogens is 583 g/mol. The molecule has 0 spiro atoms. The van der Waals surface area contributed by atoms with E-state index in [1.54, 1.807) is 24.5 Å². The Morgan fingerprint density at radius 3 is 2.67 bits per heavy atom. The third kappa shape index (κ3) is 6.35. The highest BCUT2D eigenvalue weighted by atomic mass is 35.5. The van der Waals surface area contributed by atoms with E-state index in [1.165, 1.54) is 11.8 Å². The van der Waals surface area contributed by atoms with Gasteiger partial charge in [-0.05, 0) is 64.5 Å². The van der Waals surface area contributed by atoms with Gasteiger partial charge in [-0.25, -0.2) is 9.83 Å². The van der Waals surface area contributed by atoms with Gasteiger partial charge in [-0.15, -0.1) is 11.3 Å². The number of aromatic nitrogens is 2. The number of hydrogen-bond acceptors (Lipinski definition) is 6. The minimum atomic E-state index is -0.465. The van der Waals surface area contributed by atoms with Gasteiger partial charge < -0.3 is 15.0 Å². The molecule has 0 aliphatic heterocycles. The van der Waals surface area contributed by atoms with Crippen molar-refractivity contribution < 1.29 is 4.74 Å². The molecule has 40 heavy (non-hydrogen) atoms. The third-order valence-electron chi connectivity index (χ3n) is 6.03. The first-order chi connectivity index (χ1) is 19.4. The van der Waals surface area contributed by atoms with Gasteiger partial charge in [0.05, 0.1) is 29.4 Å². The van der Waals surface area contributed by atoms with Crippen LogP contribution in [0, 0.1) is 6.57 Å². The molecule has 10 heteroatoms. The van der Waals surface area contributed by atoms with E-state index < -0.39 is 5.56 Å². The summed E-state index contributed by atoms with van der Waals surface area (Å²) in [6.45, 7) is 8.21. The SMILES string of the molecule is [C-]#[N+]c1c(-c2ccc(OC)c(-c3cccs3)c2)nc(SCc2cccc(NCc3ccc(Cl)c(Cl)c3)c2)[nH]c1=O. The number of halogens is 2. The number of aromatic amines is 1. The Morgan fingerprint density at radius 1 is 1.05 bits per heavy atom. The van der Waals surface area contributed by atoms with Crippen LogP contribution in [0.2, 0.25) is 10.0 Å². The summed E-state index contributed by atoms with van der Waals surface area (Å²) in [4.78, 5) is 24.8. The van der Waals surface area contributed by atoms with Crippen molar-refractivity contribution in [1.29, 1.82) is 0 Å². The van der Waals surface area contributed by atoms with Gasteiger partial charge in [0, 0.05) is 28.4 Å². The van der Waals surface area contributed by atoms with E-state index in [-0.39, 0.29) is 5.69 Å². The number of hydrogen-bond donors (Lipinski definition) is 2. The highest BCUT2D eigenvalue weighted by Gasteiger charge is 2.17. The van der Waals surface area contributed by atoms with Gasteiger partial charge in [-0.3, -0.25) is 4.79 Å². The van der Waals surface area contributed by atoms with E-state index >= 15 is 0 Å². The molecule has 0 aliphatic carbocycles. The van der Waals surface area contributed by atoms with E-state index in [0.717, 1.165) is 27.3 Å². The van der Waals surface area contributed by atoms with Crippen molar-refractivity contribution in [3.05, 3.63) is 121 Å². The minimum Gasteiger partial charge on any atom is -0.496 e. The number of nitrogens with zero attached hydrogens (tertiary/aromatic N) is 2. The summed E-state index contributed by atoms with van der Waals surface area (Å²) in [7, 11) is 1.62. The van der Waals surface area contributed by atoms with Crippen molar-refractivity contribution in [3.8, 4) is 27.4 Å². The van der Waals surface area contributed by atoms with Crippen LogP contribution in [0.5, 0.6) is 5.75 Å². The Hall–Kier alpha value is -3.74. The molecule has 6 nitrogen and oxygen atoms in total. The molecule has 0 amide bonds. The van der Waals surface area contributed by atoms with Crippen LogP contribution in [0.25, 0.3) is 26.5 Å². The summed E-state index contributed by atoms with van der Waals surface area (Å²) in [6, 6.07) is 23.1. The summed E-state index contributed by atoms with van der Waals surface area (Å²) in [6.07, 6.45) is 0. The molecule has 2 N–H and O–H groups in total. The molecule has 0 fully saturated rings. The highest BCUT2D eigenvalue weighted by Crippen LogP contribution is 2.38. The summed E-state index contributed by atoms with van der Waals surface area (Å²) < 4.78 is 5.55. The Balaban J connectivity index is 1.36. The predicted octanol–water partition coefficient (Wildman–Crippen LogP) is 8.94. The number of anilines is 1. The van der Waals surface area contributed by atoms with Crippen LogP contribution in [0.3, 0.4) is 0 Å². The number of thiophene rings is 1. The van der Waals surface area contributed by atoms with Gasteiger partial charge >= 0.3 is 0 Å². The third-order valence-corrected chi connectivity index (χ3v) is 8.61. The lowest BCUT2D eigenvalue weighted by Gasteiger charge is -2.12. The van der Waals surface area contributed by atoms with Gasteiger partial charge in [0.1, 0.15) is 5.75 Å². The first-order valence-electron chi connectivity index (χ1n) is 12.1. The molecule has 0 unspecified atom stereocenters. The predicted molar refractivity (Wildman–Crippen MR) is 166 cm³/mol. The summed E-state index contributed by atoms with van der Waals surface area (Å²) in [5, 5.41) is 6.88. The Labute approximate surface area is 249 Å². The number of rotatable bonds is 9. The van der Waals surface area contributed by atoms with E-state index in [9.17, 15) is 4.79 Å². The van der Waals surface area contributed by atoms with E-state index in [1.807, 2.05) is 72.1 Å². The maximum Gasteiger partial charge on any atom is 0.276 e. The normalized spacial score (nSPS) is 10.8. The zero-order valence-corrected chi connectivity index (χ0v) is 24.3. The Bertz CT molecular complexity index is 1770. The number of thioether (sulfide) groups is 1. The molecule has 200 valence electrons. The second-order valence-corrected chi connectivity index (χ2v) is 11.4. The van der Waals surface area contributed by atoms with Crippen molar-refractivity contribution in [2.75, 3.05) is 12.4 Å². The maximum absolute atomic E-state index is 12.9. The largest absolute Gasteiger partial charge is 0.496 e. The zero-order chi connectivity index (χ0) is 28.1. The van der Waals surface area contributed by atoms with Crippen molar-refractivity contribution in [3.63, 3.8) is 0 Å². The molecule has 0 bridgehead atoms. The van der Waals surface area contributed by atoms with Crippen molar-refractivity contribution in [2.24, 2.45) is 0 Å². The first kappa shape index (κ1) is 27.8. The smallest absolute Gasteiger partial charge is 0.276 e. The number of nitrogens with one attached hydrogen (secondary N) is 2. The van der Waals surface area contributed by atoms with Crippen LogP contribution in [-0.2, 0) is 12.3 Å². The monoisotopic (exact) mass is 604 g/mol. The lowest BCUT2D eigenvalue weighted by Crippen LogP contribution is -2.09. The lowest BCUT2D eigenvalue weighted by molar-refractivity contribution is 0.416. The zero-order valence-electron chi connectivity index (χ0n) is 21.2. The Kier molecular flexibility index (Phi) is 8.78. The van der Waals surface area contributed by atoms with Gasteiger partial charge in [0.25, 0.3) is 11.2 Å². The number of benzene rings is 3. The fraction of sp³-hybridized carbons (Fsp3) is 0.100. The molecule has 5 rings (SSSR count). The van der Waals surface area contributed by atoms with E-state index in [0.29, 0.717) is 44.5 Å². The molecular formula is C30H22Cl2N4O2S2. The standard InChI is InChI=1S/C30H22Cl2N4O2S2/c1-33-28-27(20-9-11-25(38-2)22(15-20)26-7-4-12-39-26)35-30(36-29(28)37)40-17-19-5-3-6-21(13-19)34-16-18-8-10-23(31)24(32)14-18/h3-15,34H,16-17H2,2H3,(H,35,36,37). The van der Waals surface area contributed by atoms with Crippen molar-refractivity contribution >= 4 is 57.7 Å². The van der Waals surface area contributed by atoms with Crippen LogP contribution >= 0.6 is 46.3 Å². The molecule has 5 aromatic rings. The average Bonchev–Trinajstić information content (AvgIpc) is 3.51. The topological polar surface area (TPSA) is 71.4 Å². The maximum atomic E-state index is 12.9. The molecule has 0 atom stereocenters. The minimum absolute atomic E-state index is 0.0415. The quantitative estimate of drug-likeness (QED) is 0.0998. The van der Waals surface area contributed by atoms with Crippen LogP contribution in [0.1, 0.15) is 11.1 Å². The summed E-state index contributed by atoms with van der Waals surface area (Å²) in [5.41, 5.74) is 4.42. The van der Waals surface area contributed by atoms with Crippen molar-refractivity contribution in [2.45, 2.75) is 17.5 Å². The number of H-pyrrole nitrogens is 1. The molecule has 0 aliphatic rings. The second-order valence-electron chi connectivity index (χ2n) is 8.66. The van der Waals surface area contributed by atoms with Gasteiger partial charge in [0.2, 0.25) is 0 Å². The van der Waals surface area contributed by atoms with Crippen LogP contribution in [-0.4, -0.2) is 17.1 Å². The highest BCUT2D eigenvalue weighted by molar-refractivity contribution is 7.98. The van der Waals surface area contributed by atoms with Crippen molar-refractivity contribution in [1.82, 2.24) is 9.97 Å². The second kappa shape index (κ2) is 12.6. The van der Waals surface area contributed by atoms with Crippen LogP contribution in [0.15, 0.2) is 88.1 Å². The molecule has 2 heterocycles.